The molecule has 0 unspecified atom stereocenters. The largest absolute Gasteiger partial charge is 0.353 e. The monoisotopic (exact) mass is 424 g/mol. The van der Waals surface area contributed by atoms with Crippen LogP contribution in [-0.4, -0.2) is 39.3 Å². The van der Waals surface area contributed by atoms with E-state index in [9.17, 15) is 0 Å². The molecule has 5 aromatic heterocycles. The predicted octanol–water partition coefficient (Wildman–Crippen LogP) is 2.78. The van der Waals surface area contributed by atoms with E-state index < -0.39 is 0 Å². The van der Waals surface area contributed by atoms with Crippen LogP contribution in [0, 0.1) is 13.8 Å². The summed E-state index contributed by atoms with van der Waals surface area (Å²) >= 11 is 0. The first-order chi connectivity index (χ1) is 15.5. The second kappa shape index (κ2) is 7.49. The molecule has 0 aliphatic heterocycles. The van der Waals surface area contributed by atoms with Gasteiger partial charge in [0.1, 0.15) is 23.7 Å². The van der Waals surface area contributed by atoms with Crippen molar-refractivity contribution in [2.75, 3.05) is 0 Å². The minimum absolute atomic E-state index is 0.821. The summed E-state index contributed by atoms with van der Waals surface area (Å²) in [4.78, 5) is 16.8. The Balaban J connectivity index is 1.68. The van der Waals surface area contributed by atoms with Gasteiger partial charge >= 0.3 is 0 Å². The van der Waals surface area contributed by atoms with Gasteiger partial charge < -0.3 is 9.55 Å². The minimum Gasteiger partial charge on any atom is -0.353 e. The van der Waals surface area contributed by atoms with Crippen molar-refractivity contribution in [2.45, 2.75) is 20.8 Å². The molecular formula is C24H24N8. The highest BCUT2D eigenvalue weighted by atomic mass is 15.1. The van der Waals surface area contributed by atoms with Gasteiger partial charge in [0.2, 0.25) is 0 Å². The summed E-state index contributed by atoms with van der Waals surface area (Å²) in [5.41, 5.74) is 5.48. The van der Waals surface area contributed by atoms with Gasteiger partial charge in [0.25, 0.3) is 0 Å². The van der Waals surface area contributed by atoms with Crippen molar-refractivity contribution in [3.63, 3.8) is 0 Å². The van der Waals surface area contributed by atoms with Crippen LogP contribution in [0.4, 0.5) is 0 Å². The highest BCUT2D eigenvalue weighted by Crippen LogP contribution is 2.25. The van der Waals surface area contributed by atoms with E-state index >= 15 is 0 Å². The molecule has 0 amide bonds. The van der Waals surface area contributed by atoms with E-state index in [1.54, 1.807) is 12.5 Å². The molecule has 0 atom stereocenters. The van der Waals surface area contributed by atoms with Crippen LogP contribution in [0.5, 0.6) is 0 Å². The molecule has 8 heteroatoms. The van der Waals surface area contributed by atoms with Gasteiger partial charge in [0.15, 0.2) is 0 Å². The third-order valence-electron chi connectivity index (χ3n) is 5.73. The molecule has 160 valence electrons. The number of aromatic nitrogens is 8. The zero-order valence-electron chi connectivity index (χ0n) is 18.5. The van der Waals surface area contributed by atoms with Gasteiger partial charge in [-0.15, -0.1) is 0 Å². The number of pyridine rings is 1. The molecule has 0 fully saturated rings. The number of aryl methyl sites for hydroxylation is 2. The molecule has 5 rings (SSSR count). The molecule has 0 aliphatic rings. The van der Waals surface area contributed by atoms with Gasteiger partial charge in [-0.05, 0) is 44.6 Å². The van der Waals surface area contributed by atoms with E-state index in [-0.39, 0.29) is 0 Å². The summed E-state index contributed by atoms with van der Waals surface area (Å²) in [6, 6.07) is 4.04. The van der Waals surface area contributed by atoms with E-state index in [0.29, 0.717) is 0 Å². The summed E-state index contributed by atoms with van der Waals surface area (Å²) in [7, 11) is 1.99. The summed E-state index contributed by atoms with van der Waals surface area (Å²) in [6.07, 6.45) is 11.4. The van der Waals surface area contributed by atoms with Gasteiger partial charge in [-0.3, -0.25) is 9.67 Å². The second-order valence-electron chi connectivity index (χ2n) is 7.81. The quantitative estimate of drug-likeness (QED) is 0.464. The molecule has 0 spiro atoms. The molecular weight excluding hydrogens is 400 g/mol. The number of nitrogens with one attached hydrogen (secondary N) is 2. The first-order valence-corrected chi connectivity index (χ1v) is 10.4. The lowest BCUT2D eigenvalue weighted by atomic mass is 10.1. The molecule has 5 heterocycles. The zero-order valence-corrected chi connectivity index (χ0v) is 18.5. The van der Waals surface area contributed by atoms with Crippen LogP contribution in [0.15, 0.2) is 43.6 Å². The molecule has 0 saturated carbocycles. The molecule has 0 aliphatic carbocycles. The van der Waals surface area contributed by atoms with Crippen LogP contribution in [0.25, 0.3) is 45.8 Å². The summed E-state index contributed by atoms with van der Waals surface area (Å²) in [5, 5.41) is 10.7. The SMILES string of the molecule is C=C(/C=c1/c(-c2cc3c(-n4cnc(C)c4)nccc3[nH]2)n[nH]/c1=C/C)c1cnc(C)n1C. The molecule has 32 heavy (non-hydrogen) atoms. The van der Waals surface area contributed by atoms with Crippen LogP contribution in [0.3, 0.4) is 0 Å². The Morgan fingerprint density at radius 2 is 2.03 bits per heavy atom. The fourth-order valence-electron chi connectivity index (χ4n) is 3.89. The first-order valence-electron chi connectivity index (χ1n) is 10.4. The molecule has 8 nitrogen and oxygen atoms in total. The normalized spacial score (nSPS) is 12.9. The standard InChI is InChI=1S/C24H24N8/c1-6-19-17(9-14(2)22-11-26-16(4)31(22)5)23(30-29-19)21-10-18-20(28-21)7-8-25-24(18)32-12-15(3)27-13-32/h6-13,28-29H,2H2,1,3-5H3/b17-9+,19-6+. The Kier molecular flexibility index (Phi) is 4.62. The Hall–Kier alpha value is -4.20. The van der Waals surface area contributed by atoms with Crippen molar-refractivity contribution in [1.82, 2.24) is 39.3 Å². The number of allylic oxidation sites excluding steroid dienone is 1. The number of nitrogens with zero attached hydrogens (tertiary/aromatic N) is 6. The number of imidazole rings is 2. The van der Waals surface area contributed by atoms with Crippen molar-refractivity contribution in [3.8, 4) is 17.2 Å². The number of H-pyrrole nitrogens is 2. The highest BCUT2D eigenvalue weighted by molar-refractivity contribution is 5.92. The second-order valence-corrected chi connectivity index (χ2v) is 7.81. The Bertz CT molecular complexity index is 1590. The van der Waals surface area contributed by atoms with E-state index in [1.165, 1.54) is 0 Å². The molecule has 5 aromatic rings. The zero-order chi connectivity index (χ0) is 22.4. The Morgan fingerprint density at radius 3 is 2.72 bits per heavy atom. The molecule has 0 bridgehead atoms. The summed E-state index contributed by atoms with van der Waals surface area (Å²) < 4.78 is 3.96. The molecule has 0 saturated heterocycles. The van der Waals surface area contributed by atoms with Crippen LogP contribution in [-0.2, 0) is 7.05 Å². The maximum absolute atomic E-state index is 4.61. The minimum atomic E-state index is 0.821. The number of hydrogen-bond donors (Lipinski definition) is 2. The van der Waals surface area contributed by atoms with Crippen LogP contribution < -0.4 is 10.6 Å². The van der Waals surface area contributed by atoms with Gasteiger partial charge in [-0.25, -0.2) is 15.0 Å². The van der Waals surface area contributed by atoms with Gasteiger partial charge in [0.05, 0.1) is 34.1 Å². The number of rotatable bonds is 4. The van der Waals surface area contributed by atoms with Crippen molar-refractivity contribution in [2.24, 2.45) is 7.05 Å². The summed E-state index contributed by atoms with van der Waals surface area (Å²) in [5.74, 6) is 1.76. The number of fused-ring (bicyclic) bond motifs is 1. The average molecular weight is 425 g/mol. The molecule has 0 aromatic carbocycles. The third-order valence-corrected chi connectivity index (χ3v) is 5.73. The van der Waals surface area contributed by atoms with Gasteiger partial charge in [-0.1, -0.05) is 12.7 Å². The fraction of sp³-hybridized carbons (Fsp3) is 0.167. The van der Waals surface area contributed by atoms with Crippen molar-refractivity contribution < 1.29 is 0 Å². The summed E-state index contributed by atoms with van der Waals surface area (Å²) in [6.45, 7) is 10.2. The lowest BCUT2D eigenvalue weighted by Crippen LogP contribution is -2.23. The highest BCUT2D eigenvalue weighted by Gasteiger charge is 2.14. The lowest BCUT2D eigenvalue weighted by molar-refractivity contribution is 0.847. The van der Waals surface area contributed by atoms with E-state index in [4.69, 9.17) is 0 Å². The molecule has 0 radical (unpaired) electrons. The molecule has 2 N–H and O–H groups in total. The van der Waals surface area contributed by atoms with Crippen LogP contribution in [0.1, 0.15) is 24.1 Å². The predicted molar refractivity (Wildman–Crippen MR) is 126 cm³/mol. The maximum Gasteiger partial charge on any atom is 0.147 e. The smallest absolute Gasteiger partial charge is 0.147 e. The fourth-order valence-corrected chi connectivity index (χ4v) is 3.89. The lowest BCUT2D eigenvalue weighted by Gasteiger charge is -2.02. The van der Waals surface area contributed by atoms with E-state index in [1.807, 2.05) is 61.5 Å². The van der Waals surface area contributed by atoms with E-state index in [2.05, 4.69) is 48.9 Å². The van der Waals surface area contributed by atoms with Crippen molar-refractivity contribution >= 4 is 28.6 Å². The number of hydrogen-bond acceptors (Lipinski definition) is 4. The topological polar surface area (TPSA) is 93.0 Å². The number of aromatic amines is 2. The van der Waals surface area contributed by atoms with Crippen LogP contribution in [0.2, 0.25) is 0 Å². The van der Waals surface area contributed by atoms with Gasteiger partial charge in [-0.2, -0.15) is 5.10 Å². The van der Waals surface area contributed by atoms with Crippen LogP contribution >= 0.6 is 0 Å². The maximum atomic E-state index is 4.61. The Labute approximate surface area is 184 Å². The van der Waals surface area contributed by atoms with E-state index in [0.717, 1.165) is 61.5 Å². The first kappa shape index (κ1) is 19.7. The van der Waals surface area contributed by atoms with Crippen molar-refractivity contribution in [3.05, 3.63) is 71.4 Å². The average Bonchev–Trinajstić information content (AvgIpc) is 3.55. The third kappa shape index (κ3) is 3.17. The van der Waals surface area contributed by atoms with Gasteiger partial charge in [0, 0.05) is 30.0 Å². The Morgan fingerprint density at radius 1 is 1.19 bits per heavy atom. The van der Waals surface area contributed by atoms with Crippen molar-refractivity contribution in [1.29, 1.82) is 0 Å².